The standard InChI is InChI=1S/C5H12NO.Y/c1-5(7-3)4-6-2;/h5H,4H2,1-3H3;/q-1;. The Balaban J connectivity index is 0. The van der Waals surface area contributed by atoms with E-state index < -0.39 is 0 Å². The molecule has 0 heterocycles. The third-order valence-electron chi connectivity index (χ3n) is 0.842. The Hall–Kier alpha value is 1.02. The summed E-state index contributed by atoms with van der Waals surface area (Å²) in [6.45, 7) is 2.80. The van der Waals surface area contributed by atoms with E-state index in [9.17, 15) is 0 Å². The predicted octanol–water partition coefficient (Wildman–Crippen LogP) is 1.02. The SMILES string of the molecule is C[N-]CC(C)OC.[Y]. The summed E-state index contributed by atoms with van der Waals surface area (Å²) >= 11 is 0. The molecule has 0 amide bonds. The average molecular weight is 191 g/mol. The summed E-state index contributed by atoms with van der Waals surface area (Å²) < 4.78 is 4.90. The van der Waals surface area contributed by atoms with Crippen LogP contribution in [0.4, 0.5) is 0 Å². The summed E-state index contributed by atoms with van der Waals surface area (Å²) in [6, 6.07) is 0. The number of hydrogen-bond donors (Lipinski definition) is 0. The van der Waals surface area contributed by atoms with E-state index in [0.717, 1.165) is 6.54 Å². The molecule has 0 aromatic carbocycles. The molecule has 0 spiro atoms. The third-order valence-corrected chi connectivity index (χ3v) is 0.842. The molecule has 3 heteroatoms. The fourth-order valence-electron chi connectivity index (χ4n) is 0.332. The smallest absolute Gasteiger partial charge is 0.0357 e. The van der Waals surface area contributed by atoms with Crippen molar-refractivity contribution in [1.82, 2.24) is 0 Å². The zero-order chi connectivity index (χ0) is 5.70. The Kier molecular flexibility index (Phi) is 11.8. The quantitative estimate of drug-likeness (QED) is 0.653. The normalized spacial score (nSPS) is 12.4. The summed E-state index contributed by atoms with van der Waals surface area (Å²) in [6.07, 6.45) is 0.282. The van der Waals surface area contributed by atoms with E-state index in [-0.39, 0.29) is 38.8 Å². The van der Waals surface area contributed by atoms with Gasteiger partial charge in [0.2, 0.25) is 0 Å². The van der Waals surface area contributed by atoms with Crippen LogP contribution < -0.4 is 0 Å². The van der Waals surface area contributed by atoms with Crippen LogP contribution in [0.3, 0.4) is 0 Å². The fraction of sp³-hybridized carbons (Fsp3) is 1.00. The average Bonchev–Trinajstić information content (AvgIpc) is 1.68. The Morgan fingerprint density at radius 2 is 2.12 bits per heavy atom. The second-order valence-corrected chi connectivity index (χ2v) is 1.55. The van der Waals surface area contributed by atoms with Gasteiger partial charge in [-0.15, -0.1) is 6.54 Å². The molecule has 0 aromatic heterocycles. The maximum absolute atomic E-state index is 4.90. The summed E-state index contributed by atoms with van der Waals surface area (Å²) in [4.78, 5) is 0. The van der Waals surface area contributed by atoms with Crippen LogP contribution in [0, 0.1) is 0 Å². The minimum atomic E-state index is 0. The molecule has 0 aliphatic rings. The molecule has 1 atom stereocenters. The second-order valence-electron chi connectivity index (χ2n) is 1.55. The van der Waals surface area contributed by atoms with Gasteiger partial charge in [-0.3, -0.25) is 0 Å². The number of nitrogens with zero attached hydrogens (tertiary/aromatic N) is 1. The van der Waals surface area contributed by atoms with Gasteiger partial charge < -0.3 is 10.1 Å². The van der Waals surface area contributed by atoms with Crippen LogP contribution in [0.5, 0.6) is 0 Å². The van der Waals surface area contributed by atoms with Crippen molar-refractivity contribution in [2.24, 2.45) is 0 Å². The number of ether oxygens (including phenoxy) is 1. The fourth-order valence-corrected chi connectivity index (χ4v) is 0.332. The molecule has 0 bridgehead atoms. The Bertz CT molecular complexity index is 43.4. The molecule has 0 saturated heterocycles. The molecule has 1 radical (unpaired) electrons. The van der Waals surface area contributed by atoms with Gasteiger partial charge in [-0.2, -0.15) is 7.05 Å². The van der Waals surface area contributed by atoms with E-state index in [2.05, 4.69) is 5.32 Å². The minimum Gasteiger partial charge on any atom is -0.663 e. The zero-order valence-electron chi connectivity index (χ0n) is 5.72. The maximum Gasteiger partial charge on any atom is 0.0357 e. The topological polar surface area (TPSA) is 23.3 Å². The van der Waals surface area contributed by atoms with Gasteiger partial charge in [0, 0.05) is 45.9 Å². The van der Waals surface area contributed by atoms with Crippen molar-refractivity contribution in [2.45, 2.75) is 13.0 Å². The van der Waals surface area contributed by atoms with Crippen LogP contribution in [0.1, 0.15) is 6.92 Å². The monoisotopic (exact) mass is 191 g/mol. The van der Waals surface area contributed by atoms with Crippen molar-refractivity contribution in [3.63, 3.8) is 0 Å². The Morgan fingerprint density at radius 1 is 1.62 bits per heavy atom. The van der Waals surface area contributed by atoms with Crippen molar-refractivity contribution in [2.75, 3.05) is 20.7 Å². The van der Waals surface area contributed by atoms with Gasteiger partial charge in [0.25, 0.3) is 0 Å². The molecule has 1 unspecified atom stereocenters. The first kappa shape index (κ1) is 11.8. The van der Waals surface area contributed by atoms with Crippen molar-refractivity contribution < 1.29 is 37.4 Å². The van der Waals surface area contributed by atoms with Crippen LogP contribution in [-0.2, 0) is 37.4 Å². The van der Waals surface area contributed by atoms with E-state index in [1.165, 1.54) is 0 Å². The van der Waals surface area contributed by atoms with Gasteiger partial charge in [0.05, 0.1) is 0 Å². The molecule has 0 fully saturated rings. The second kappa shape index (κ2) is 8.02. The molecule has 0 aliphatic heterocycles. The molecule has 8 heavy (non-hydrogen) atoms. The van der Waals surface area contributed by atoms with E-state index in [4.69, 9.17) is 4.74 Å². The molecule has 2 nitrogen and oxygen atoms in total. The summed E-state index contributed by atoms with van der Waals surface area (Å²) in [5, 5.41) is 3.88. The minimum absolute atomic E-state index is 0. The van der Waals surface area contributed by atoms with Crippen molar-refractivity contribution in [3.8, 4) is 0 Å². The van der Waals surface area contributed by atoms with Gasteiger partial charge in [-0.05, 0) is 6.92 Å². The van der Waals surface area contributed by atoms with Crippen molar-refractivity contribution in [3.05, 3.63) is 5.32 Å². The third kappa shape index (κ3) is 7.02. The van der Waals surface area contributed by atoms with Gasteiger partial charge in [-0.1, -0.05) is 0 Å². The molecule has 0 aromatic rings. The number of likely N-dealkylation sites (N-methyl/N-ethyl adjacent to an activating group) is 1. The first-order chi connectivity index (χ1) is 3.31. The van der Waals surface area contributed by atoms with Crippen molar-refractivity contribution >= 4 is 0 Å². The molecule has 0 saturated carbocycles. The maximum atomic E-state index is 4.90. The first-order valence-corrected chi connectivity index (χ1v) is 2.39. The Labute approximate surface area is 76.2 Å². The van der Waals surface area contributed by atoms with Gasteiger partial charge in [-0.25, -0.2) is 0 Å². The number of hydrogen-bond acceptors (Lipinski definition) is 1. The van der Waals surface area contributed by atoms with Crippen LogP contribution in [0.15, 0.2) is 0 Å². The molecule has 0 N–H and O–H groups in total. The van der Waals surface area contributed by atoms with E-state index in [1.807, 2.05) is 6.92 Å². The van der Waals surface area contributed by atoms with E-state index >= 15 is 0 Å². The van der Waals surface area contributed by atoms with Crippen LogP contribution >= 0.6 is 0 Å². The molecule has 47 valence electrons. The van der Waals surface area contributed by atoms with Gasteiger partial charge in [0.15, 0.2) is 0 Å². The van der Waals surface area contributed by atoms with Gasteiger partial charge in [0.1, 0.15) is 0 Å². The first-order valence-electron chi connectivity index (χ1n) is 2.39. The number of rotatable bonds is 3. The molecule has 0 aliphatic carbocycles. The number of methoxy groups -OCH3 is 1. The molecular formula is C5H12NOY-. The van der Waals surface area contributed by atoms with Crippen molar-refractivity contribution in [1.29, 1.82) is 0 Å². The zero-order valence-corrected chi connectivity index (χ0v) is 8.56. The molecular weight excluding hydrogens is 179 g/mol. The predicted molar refractivity (Wildman–Crippen MR) is 30.6 cm³/mol. The summed E-state index contributed by atoms with van der Waals surface area (Å²) in [7, 11) is 3.48. The summed E-state index contributed by atoms with van der Waals surface area (Å²) in [5.74, 6) is 0. The summed E-state index contributed by atoms with van der Waals surface area (Å²) in [5.41, 5.74) is 0. The van der Waals surface area contributed by atoms with E-state index in [0.29, 0.717) is 0 Å². The largest absolute Gasteiger partial charge is 0.663 e. The van der Waals surface area contributed by atoms with Crippen LogP contribution in [0.2, 0.25) is 0 Å². The van der Waals surface area contributed by atoms with Crippen LogP contribution in [-0.4, -0.2) is 26.8 Å². The van der Waals surface area contributed by atoms with Gasteiger partial charge >= 0.3 is 0 Å². The van der Waals surface area contributed by atoms with E-state index in [1.54, 1.807) is 14.2 Å². The molecule has 0 rings (SSSR count). The van der Waals surface area contributed by atoms with Crippen LogP contribution in [0.25, 0.3) is 5.32 Å². The Morgan fingerprint density at radius 3 is 2.25 bits per heavy atom.